The maximum absolute atomic E-state index is 12.1. The number of ether oxygens (including phenoxy) is 7. The Morgan fingerprint density at radius 1 is 0.510 bits per heavy atom. The number of ketones is 2. The fourth-order valence-corrected chi connectivity index (χ4v) is 5.83. The number of nitrogens with one attached hydrogen (secondary N) is 2. The molecule has 51 heavy (non-hydrogen) atoms. The van der Waals surface area contributed by atoms with Gasteiger partial charge < -0.3 is 53.4 Å². The third-order valence-corrected chi connectivity index (χ3v) is 8.77. The van der Waals surface area contributed by atoms with E-state index < -0.39 is 13.0 Å². The zero-order chi connectivity index (χ0) is 36.8. The van der Waals surface area contributed by atoms with E-state index in [0.29, 0.717) is 65.2 Å². The van der Waals surface area contributed by atoms with Crippen LogP contribution in [-0.4, -0.2) is 101 Å². The Balaban J connectivity index is 1.33. The summed E-state index contributed by atoms with van der Waals surface area (Å²) in [6.07, 6.45) is 19.4. The largest absolute Gasteiger partial charge is 0.376 e. The van der Waals surface area contributed by atoms with Gasteiger partial charge in [0.1, 0.15) is 23.8 Å². The van der Waals surface area contributed by atoms with Crippen LogP contribution in [0.25, 0.3) is 0 Å². The summed E-state index contributed by atoms with van der Waals surface area (Å²) in [5, 5.41) is 5.75. The molecule has 2 heterocycles. The van der Waals surface area contributed by atoms with E-state index in [0.717, 1.165) is 64.2 Å². The summed E-state index contributed by atoms with van der Waals surface area (Å²) in [6.45, 7) is 4.42. The van der Waals surface area contributed by atoms with E-state index in [1.54, 1.807) is 13.8 Å². The van der Waals surface area contributed by atoms with E-state index in [1.807, 2.05) is 0 Å². The molecule has 4 atom stereocenters. The van der Waals surface area contributed by atoms with Crippen molar-refractivity contribution in [3.05, 3.63) is 0 Å². The van der Waals surface area contributed by atoms with Crippen LogP contribution in [-0.2, 0) is 52.3 Å². The van der Waals surface area contributed by atoms with Gasteiger partial charge in [-0.05, 0) is 39.5 Å². The molecular formula is C38H68N2O11. The number of carbonyl (C=O) groups is 4. The van der Waals surface area contributed by atoms with Crippen LogP contribution in [0.1, 0.15) is 142 Å². The number of hydrogen-bond acceptors (Lipinski definition) is 11. The lowest BCUT2D eigenvalue weighted by atomic mass is 10.1. The van der Waals surface area contributed by atoms with Crippen molar-refractivity contribution in [2.45, 2.75) is 167 Å². The van der Waals surface area contributed by atoms with Crippen molar-refractivity contribution in [3.63, 3.8) is 0 Å². The summed E-state index contributed by atoms with van der Waals surface area (Å²) < 4.78 is 39.3. The van der Waals surface area contributed by atoms with Crippen LogP contribution in [0.5, 0.6) is 0 Å². The fourth-order valence-electron chi connectivity index (χ4n) is 5.83. The van der Waals surface area contributed by atoms with E-state index in [2.05, 4.69) is 10.6 Å². The topological polar surface area (TPSA) is 157 Å². The normalized spacial score (nSPS) is 20.1. The minimum Gasteiger partial charge on any atom is -0.376 e. The molecule has 0 spiro atoms. The lowest BCUT2D eigenvalue weighted by Crippen LogP contribution is -2.29. The van der Waals surface area contributed by atoms with Gasteiger partial charge in [-0.2, -0.15) is 0 Å². The van der Waals surface area contributed by atoms with Gasteiger partial charge in [-0.15, -0.1) is 0 Å². The van der Waals surface area contributed by atoms with Crippen molar-refractivity contribution in [3.8, 4) is 0 Å². The maximum atomic E-state index is 12.1. The zero-order valence-corrected chi connectivity index (χ0v) is 31.6. The van der Waals surface area contributed by atoms with Gasteiger partial charge in [0.05, 0.1) is 39.6 Å². The summed E-state index contributed by atoms with van der Waals surface area (Å²) in [7, 11) is 0. The highest BCUT2D eigenvalue weighted by atomic mass is 16.9. The number of rotatable bonds is 34. The summed E-state index contributed by atoms with van der Waals surface area (Å²) in [6, 6.07) is 0. The number of Topliss-reactive ketones (excluding diaryl/α,β-unsaturated/α-hetero) is 2. The molecule has 0 aromatic carbocycles. The molecule has 0 aromatic heterocycles. The number of unbranched alkanes of at least 4 members (excludes halogenated alkanes) is 14. The maximum Gasteiger partial charge on any atom is 0.272 e. The Morgan fingerprint density at radius 3 is 1.20 bits per heavy atom. The quantitative estimate of drug-likeness (QED) is 0.0790. The van der Waals surface area contributed by atoms with Gasteiger partial charge in [-0.3, -0.25) is 9.59 Å². The first kappa shape index (κ1) is 45.2. The lowest BCUT2D eigenvalue weighted by Gasteiger charge is -2.15. The van der Waals surface area contributed by atoms with E-state index in [4.69, 9.17) is 33.2 Å². The van der Waals surface area contributed by atoms with Gasteiger partial charge in [0, 0.05) is 38.8 Å². The molecule has 0 radical (unpaired) electrons. The predicted octanol–water partition coefficient (Wildman–Crippen LogP) is 5.65. The van der Waals surface area contributed by atoms with Crippen molar-refractivity contribution >= 4 is 23.4 Å². The summed E-state index contributed by atoms with van der Waals surface area (Å²) in [5.74, 6) is 0.600. The molecular weight excluding hydrogens is 660 g/mol. The molecule has 0 aliphatic carbocycles. The molecule has 13 nitrogen and oxygen atoms in total. The molecule has 2 rings (SSSR count). The second-order valence-corrected chi connectivity index (χ2v) is 13.8. The Hall–Kier alpha value is -2.00. The minimum atomic E-state index is -0.784. The van der Waals surface area contributed by atoms with Crippen LogP contribution in [0.15, 0.2) is 0 Å². The van der Waals surface area contributed by atoms with E-state index in [1.165, 1.54) is 38.5 Å². The Labute approximate surface area is 306 Å². The first-order valence-corrected chi connectivity index (χ1v) is 19.7. The SMILES string of the molecule is CC(=O)CCCCCCCCCCC(=O)NCCOC1OCC(COCC2COC(OCCNC(=O)CCCCCCCCCCC(C)=O)O2)O1. The zero-order valence-electron chi connectivity index (χ0n) is 31.6. The monoisotopic (exact) mass is 728 g/mol. The second kappa shape index (κ2) is 30.5. The molecule has 2 aliphatic rings. The van der Waals surface area contributed by atoms with Crippen LogP contribution in [0.2, 0.25) is 0 Å². The average molecular weight is 729 g/mol. The van der Waals surface area contributed by atoms with Gasteiger partial charge in [0.25, 0.3) is 13.0 Å². The van der Waals surface area contributed by atoms with Crippen molar-refractivity contribution in [2.75, 3.05) is 52.7 Å². The third kappa shape index (κ3) is 26.4. The fraction of sp³-hybridized carbons (Fsp3) is 0.895. The Morgan fingerprint density at radius 2 is 0.843 bits per heavy atom. The van der Waals surface area contributed by atoms with Crippen molar-refractivity contribution < 1.29 is 52.3 Å². The molecule has 13 heteroatoms. The van der Waals surface area contributed by atoms with Crippen LogP contribution in [0, 0.1) is 0 Å². The minimum absolute atomic E-state index is 0.0264. The summed E-state index contributed by atoms with van der Waals surface area (Å²) in [4.78, 5) is 46.0. The predicted molar refractivity (Wildman–Crippen MR) is 192 cm³/mol. The van der Waals surface area contributed by atoms with Crippen LogP contribution in [0.3, 0.4) is 0 Å². The van der Waals surface area contributed by atoms with E-state index >= 15 is 0 Å². The Kier molecular flexibility index (Phi) is 27.0. The first-order chi connectivity index (χ1) is 24.8. The average Bonchev–Trinajstić information content (AvgIpc) is 3.76. The summed E-state index contributed by atoms with van der Waals surface area (Å²) in [5.41, 5.74) is 0. The van der Waals surface area contributed by atoms with Crippen molar-refractivity contribution in [1.29, 1.82) is 0 Å². The van der Waals surface area contributed by atoms with Crippen molar-refractivity contribution in [2.24, 2.45) is 0 Å². The molecule has 2 N–H and O–H groups in total. The van der Waals surface area contributed by atoms with Gasteiger partial charge in [-0.25, -0.2) is 0 Å². The smallest absolute Gasteiger partial charge is 0.272 e. The molecule has 296 valence electrons. The molecule has 2 fully saturated rings. The molecule has 0 saturated carbocycles. The molecule has 0 bridgehead atoms. The molecule has 0 aromatic rings. The second-order valence-electron chi connectivity index (χ2n) is 13.8. The van der Waals surface area contributed by atoms with Gasteiger partial charge in [0.2, 0.25) is 11.8 Å². The number of amides is 2. The molecule has 2 aliphatic heterocycles. The van der Waals surface area contributed by atoms with Gasteiger partial charge in [0.15, 0.2) is 0 Å². The Bertz CT molecular complexity index is 866. The standard InChI is InChI=1S/C38H68N2O11/c1-31(41)19-15-11-7-3-5-9-13-17-21-35(43)39-23-25-46-37-48-29-33(50-37)27-45-28-34-30-49-38(51-34)47-26-24-40-36(44)22-18-14-10-6-4-8-12-16-20-32(2)42/h33-34,37-38H,3-30H2,1-2H3,(H,39,43)(H,40,44). The molecule has 2 saturated heterocycles. The van der Waals surface area contributed by atoms with Gasteiger partial charge in [-0.1, -0.05) is 77.0 Å². The third-order valence-electron chi connectivity index (χ3n) is 8.77. The van der Waals surface area contributed by atoms with Crippen LogP contribution >= 0.6 is 0 Å². The van der Waals surface area contributed by atoms with E-state index in [9.17, 15) is 19.2 Å². The highest BCUT2D eigenvalue weighted by Crippen LogP contribution is 2.16. The summed E-state index contributed by atoms with van der Waals surface area (Å²) >= 11 is 0. The molecule has 4 unspecified atom stereocenters. The highest BCUT2D eigenvalue weighted by molar-refractivity contribution is 5.76. The van der Waals surface area contributed by atoms with Crippen LogP contribution in [0.4, 0.5) is 0 Å². The van der Waals surface area contributed by atoms with Crippen molar-refractivity contribution in [1.82, 2.24) is 10.6 Å². The van der Waals surface area contributed by atoms with E-state index in [-0.39, 0.29) is 48.8 Å². The van der Waals surface area contributed by atoms with Crippen LogP contribution < -0.4 is 10.6 Å². The molecule has 2 amide bonds. The number of carbonyl (C=O) groups excluding carboxylic acids is 4. The first-order valence-electron chi connectivity index (χ1n) is 19.7. The number of hydrogen-bond donors (Lipinski definition) is 2. The van der Waals surface area contributed by atoms with Gasteiger partial charge >= 0.3 is 0 Å². The lowest BCUT2D eigenvalue weighted by molar-refractivity contribution is -0.242. The highest BCUT2D eigenvalue weighted by Gasteiger charge is 2.29.